The molecule has 6 heteroatoms. The first-order valence-electron chi connectivity index (χ1n) is 6.68. The van der Waals surface area contributed by atoms with Gasteiger partial charge in [0.2, 0.25) is 0 Å². The molecule has 0 radical (unpaired) electrons. The summed E-state index contributed by atoms with van der Waals surface area (Å²) in [4.78, 5) is 4.29. The van der Waals surface area contributed by atoms with E-state index in [4.69, 9.17) is 0 Å². The van der Waals surface area contributed by atoms with Crippen LogP contribution in [0.25, 0.3) is 10.2 Å². The number of aromatic nitrogens is 1. The van der Waals surface area contributed by atoms with E-state index in [-0.39, 0.29) is 0 Å². The Morgan fingerprint density at radius 3 is 2.75 bits per heavy atom. The molecule has 1 aromatic heterocycles. The smallest absolute Gasteiger partial charge is 0.358 e. The maximum atomic E-state index is 12.7. The minimum atomic E-state index is -4.31. The Labute approximate surface area is 119 Å². The van der Waals surface area contributed by atoms with Gasteiger partial charge in [0.25, 0.3) is 0 Å². The lowest BCUT2D eigenvalue weighted by molar-refractivity contribution is -0.137. The Morgan fingerprint density at radius 1 is 1.30 bits per heavy atom. The summed E-state index contributed by atoms with van der Waals surface area (Å²) < 4.78 is 38.8. The number of nitrogens with one attached hydrogen (secondary N) is 1. The van der Waals surface area contributed by atoms with Crippen LogP contribution in [0.5, 0.6) is 0 Å². The fraction of sp³-hybridized carbons (Fsp3) is 0.500. The van der Waals surface area contributed by atoms with E-state index in [0.29, 0.717) is 17.5 Å². The third-order valence-electron chi connectivity index (χ3n) is 3.89. The lowest BCUT2D eigenvalue weighted by Crippen LogP contribution is -2.21. The molecule has 2 aromatic rings. The van der Waals surface area contributed by atoms with Gasteiger partial charge in [-0.15, -0.1) is 0 Å². The third kappa shape index (κ3) is 2.61. The molecule has 108 valence electrons. The van der Waals surface area contributed by atoms with Crippen LogP contribution in [-0.4, -0.2) is 11.0 Å². The molecule has 0 aliphatic heterocycles. The van der Waals surface area contributed by atoms with Crippen LogP contribution < -0.4 is 5.32 Å². The van der Waals surface area contributed by atoms with Gasteiger partial charge in [-0.1, -0.05) is 24.7 Å². The van der Waals surface area contributed by atoms with E-state index in [1.165, 1.54) is 30.2 Å². The Morgan fingerprint density at radius 2 is 2.10 bits per heavy atom. The van der Waals surface area contributed by atoms with Crippen LogP contribution in [0.4, 0.5) is 18.3 Å². The standard InChI is InChI=1S/C14H15F3N2S/c1-8-3-2-4-10(8)18-13-19-11-7-9(14(15,16)17)5-6-12(11)20-13/h5-8,10H,2-4H2,1H3,(H,18,19). The quantitative estimate of drug-likeness (QED) is 0.852. The number of rotatable bonds is 2. The van der Waals surface area contributed by atoms with Crippen LogP contribution in [0.2, 0.25) is 0 Å². The second-order valence-electron chi connectivity index (χ2n) is 5.36. The summed E-state index contributed by atoms with van der Waals surface area (Å²) in [5.74, 6) is 0.591. The molecule has 20 heavy (non-hydrogen) atoms. The van der Waals surface area contributed by atoms with E-state index >= 15 is 0 Å². The van der Waals surface area contributed by atoms with Crippen molar-refractivity contribution in [3.63, 3.8) is 0 Å². The first kappa shape index (κ1) is 13.7. The maximum absolute atomic E-state index is 12.7. The maximum Gasteiger partial charge on any atom is 0.416 e. The largest absolute Gasteiger partial charge is 0.416 e. The molecule has 0 amide bonds. The molecule has 1 N–H and O–H groups in total. The molecule has 1 aromatic carbocycles. The van der Waals surface area contributed by atoms with Gasteiger partial charge < -0.3 is 5.32 Å². The van der Waals surface area contributed by atoms with E-state index in [1.807, 2.05) is 0 Å². The highest BCUT2D eigenvalue weighted by atomic mass is 32.1. The number of benzene rings is 1. The number of nitrogens with zero attached hydrogens (tertiary/aromatic N) is 1. The summed E-state index contributed by atoms with van der Waals surface area (Å²) in [6.07, 6.45) is -0.820. The monoisotopic (exact) mass is 300 g/mol. The van der Waals surface area contributed by atoms with E-state index in [0.717, 1.165) is 28.4 Å². The van der Waals surface area contributed by atoms with Crippen LogP contribution in [-0.2, 0) is 6.18 Å². The average molecular weight is 300 g/mol. The number of thiazole rings is 1. The van der Waals surface area contributed by atoms with Crippen LogP contribution in [0.1, 0.15) is 31.7 Å². The molecule has 2 nitrogen and oxygen atoms in total. The lowest BCUT2D eigenvalue weighted by Gasteiger charge is -2.15. The van der Waals surface area contributed by atoms with Gasteiger partial charge >= 0.3 is 6.18 Å². The molecular formula is C14H15F3N2S. The highest BCUT2D eigenvalue weighted by Gasteiger charge is 2.31. The summed E-state index contributed by atoms with van der Waals surface area (Å²) in [6.45, 7) is 2.19. The van der Waals surface area contributed by atoms with Crippen molar-refractivity contribution in [1.82, 2.24) is 4.98 Å². The zero-order valence-electron chi connectivity index (χ0n) is 11.0. The Balaban J connectivity index is 1.87. The summed E-state index contributed by atoms with van der Waals surface area (Å²) in [5, 5.41) is 4.08. The number of halogens is 3. The molecule has 1 aliphatic rings. The predicted molar refractivity (Wildman–Crippen MR) is 75.0 cm³/mol. The topological polar surface area (TPSA) is 24.9 Å². The van der Waals surface area contributed by atoms with E-state index in [9.17, 15) is 13.2 Å². The molecule has 1 fully saturated rings. The van der Waals surface area contributed by atoms with Crippen LogP contribution in [0, 0.1) is 5.92 Å². The molecule has 2 atom stereocenters. The zero-order chi connectivity index (χ0) is 14.3. The third-order valence-corrected chi connectivity index (χ3v) is 4.85. The van der Waals surface area contributed by atoms with Crippen molar-refractivity contribution >= 4 is 26.7 Å². The van der Waals surface area contributed by atoms with Crippen molar-refractivity contribution in [1.29, 1.82) is 0 Å². The van der Waals surface area contributed by atoms with Crippen molar-refractivity contribution < 1.29 is 13.2 Å². The molecule has 3 rings (SSSR count). The molecule has 1 aliphatic carbocycles. The second-order valence-corrected chi connectivity index (χ2v) is 6.39. The van der Waals surface area contributed by atoms with E-state index in [2.05, 4.69) is 17.2 Å². The van der Waals surface area contributed by atoms with Gasteiger partial charge in [0.05, 0.1) is 15.8 Å². The van der Waals surface area contributed by atoms with Gasteiger partial charge in [-0.05, 0) is 37.0 Å². The van der Waals surface area contributed by atoms with Crippen LogP contribution in [0.15, 0.2) is 18.2 Å². The number of hydrogen-bond acceptors (Lipinski definition) is 3. The first-order chi connectivity index (χ1) is 9.43. The van der Waals surface area contributed by atoms with Gasteiger partial charge in [-0.2, -0.15) is 13.2 Å². The van der Waals surface area contributed by atoms with Crippen LogP contribution >= 0.6 is 11.3 Å². The highest BCUT2D eigenvalue weighted by Crippen LogP contribution is 2.35. The van der Waals surface area contributed by atoms with Crippen LogP contribution in [0.3, 0.4) is 0 Å². The fourth-order valence-corrected chi connectivity index (χ4v) is 3.59. The van der Waals surface area contributed by atoms with Crippen molar-refractivity contribution in [3.8, 4) is 0 Å². The molecule has 1 heterocycles. The zero-order valence-corrected chi connectivity index (χ0v) is 11.8. The predicted octanol–water partition coefficient (Wildman–Crippen LogP) is 4.92. The molecule has 0 spiro atoms. The average Bonchev–Trinajstić information content (AvgIpc) is 2.94. The minimum Gasteiger partial charge on any atom is -0.358 e. The summed E-state index contributed by atoms with van der Waals surface area (Å²) in [5.41, 5.74) is -0.228. The Hall–Kier alpha value is -1.30. The number of alkyl halides is 3. The Bertz CT molecular complexity index is 620. The van der Waals surface area contributed by atoms with Gasteiger partial charge in [0.15, 0.2) is 5.13 Å². The summed E-state index contributed by atoms with van der Waals surface area (Å²) in [7, 11) is 0. The summed E-state index contributed by atoms with van der Waals surface area (Å²) in [6, 6.07) is 4.12. The van der Waals surface area contributed by atoms with Crippen molar-refractivity contribution in [2.75, 3.05) is 5.32 Å². The second kappa shape index (κ2) is 4.91. The normalized spacial score (nSPS) is 23.4. The molecule has 0 saturated heterocycles. The molecule has 1 saturated carbocycles. The number of fused-ring (bicyclic) bond motifs is 1. The minimum absolute atomic E-state index is 0.387. The molecule has 0 bridgehead atoms. The summed E-state index contributed by atoms with van der Waals surface area (Å²) >= 11 is 1.42. The van der Waals surface area contributed by atoms with Gasteiger partial charge in [-0.25, -0.2) is 4.98 Å². The van der Waals surface area contributed by atoms with Crippen molar-refractivity contribution in [2.24, 2.45) is 5.92 Å². The van der Waals surface area contributed by atoms with E-state index < -0.39 is 11.7 Å². The lowest BCUT2D eigenvalue weighted by atomic mass is 10.1. The SMILES string of the molecule is CC1CCCC1Nc1nc2cc(C(F)(F)F)ccc2s1. The molecular weight excluding hydrogens is 285 g/mol. The van der Waals surface area contributed by atoms with Crippen molar-refractivity contribution in [3.05, 3.63) is 23.8 Å². The van der Waals surface area contributed by atoms with Gasteiger partial charge in [0.1, 0.15) is 0 Å². The number of hydrogen-bond donors (Lipinski definition) is 1. The number of anilines is 1. The molecule has 2 unspecified atom stereocenters. The van der Waals surface area contributed by atoms with Gasteiger partial charge in [-0.3, -0.25) is 0 Å². The van der Waals surface area contributed by atoms with Gasteiger partial charge in [0, 0.05) is 6.04 Å². The Kier molecular flexibility index (Phi) is 3.36. The van der Waals surface area contributed by atoms with Crippen molar-refractivity contribution in [2.45, 2.75) is 38.4 Å². The first-order valence-corrected chi connectivity index (χ1v) is 7.49. The highest BCUT2D eigenvalue weighted by molar-refractivity contribution is 7.22. The van der Waals surface area contributed by atoms with E-state index in [1.54, 1.807) is 0 Å². The fourth-order valence-electron chi connectivity index (χ4n) is 2.68.